The fourth-order valence-electron chi connectivity index (χ4n) is 4.54. The Bertz CT molecular complexity index is 1150. The molecule has 200 valence electrons. The topological polar surface area (TPSA) is 72.7 Å². The lowest BCUT2D eigenvalue weighted by Gasteiger charge is -2.21. The summed E-state index contributed by atoms with van der Waals surface area (Å²) in [4.78, 5) is 27.5. The van der Waals surface area contributed by atoms with Gasteiger partial charge in [-0.1, -0.05) is 40.0 Å². The third-order valence-electron chi connectivity index (χ3n) is 6.68. The summed E-state index contributed by atoms with van der Waals surface area (Å²) < 4.78 is 6.85. The van der Waals surface area contributed by atoms with Crippen LogP contribution in [0.2, 0.25) is 0 Å². The fourth-order valence-corrected chi connectivity index (χ4v) is 5.54. The second kappa shape index (κ2) is 14.8. The van der Waals surface area contributed by atoms with Crippen molar-refractivity contribution in [2.75, 3.05) is 26.2 Å². The third kappa shape index (κ3) is 7.86. The van der Waals surface area contributed by atoms with Crippen LogP contribution in [0.3, 0.4) is 0 Å². The zero-order valence-corrected chi connectivity index (χ0v) is 23.3. The fraction of sp³-hybridized carbons (Fsp3) is 0.500. The Labute approximate surface area is 224 Å². The van der Waals surface area contributed by atoms with Crippen molar-refractivity contribution >= 4 is 32.9 Å². The largest absolute Gasteiger partial charge is 0.494 e. The minimum absolute atomic E-state index is 0.135. The Kier molecular flexibility index (Phi) is 11.5. The van der Waals surface area contributed by atoms with Crippen LogP contribution >= 0.6 is 11.3 Å². The highest BCUT2D eigenvalue weighted by atomic mass is 32.1. The van der Waals surface area contributed by atoms with Crippen LogP contribution in [-0.4, -0.2) is 41.8 Å². The van der Waals surface area contributed by atoms with Crippen LogP contribution in [0.4, 0.5) is 5.69 Å². The average molecular weight is 525 g/mol. The zero-order chi connectivity index (χ0) is 26.6. The van der Waals surface area contributed by atoms with E-state index < -0.39 is 4.92 Å². The maximum atomic E-state index is 13.6. The molecule has 0 bridgehead atoms. The van der Waals surface area contributed by atoms with E-state index in [1.54, 1.807) is 30.3 Å². The molecule has 0 unspecified atom stereocenters. The van der Waals surface area contributed by atoms with Gasteiger partial charge in [-0.15, -0.1) is 11.3 Å². The first-order valence-corrected chi connectivity index (χ1v) is 14.5. The quantitative estimate of drug-likeness (QED) is 0.0773. The van der Waals surface area contributed by atoms with E-state index in [9.17, 15) is 14.9 Å². The molecule has 0 aliphatic carbocycles. The molecule has 7 heteroatoms. The van der Waals surface area contributed by atoms with Crippen molar-refractivity contribution in [3.8, 4) is 5.75 Å². The summed E-state index contributed by atoms with van der Waals surface area (Å²) in [5.74, 6) is 0.389. The van der Waals surface area contributed by atoms with Gasteiger partial charge in [0.2, 0.25) is 5.78 Å². The number of carbonyl (C=O) groups excluding carboxylic acids is 1. The van der Waals surface area contributed by atoms with Gasteiger partial charge in [-0.3, -0.25) is 14.9 Å². The second-order valence-electron chi connectivity index (χ2n) is 9.56. The van der Waals surface area contributed by atoms with Crippen molar-refractivity contribution in [3.63, 3.8) is 0 Å². The monoisotopic (exact) mass is 524 g/mol. The first-order chi connectivity index (χ1) is 18.0. The Hall–Kier alpha value is -2.77. The van der Waals surface area contributed by atoms with Crippen LogP contribution in [0.25, 0.3) is 10.1 Å². The molecule has 0 amide bonds. The number of nitrogens with zero attached hydrogens (tertiary/aromatic N) is 2. The van der Waals surface area contributed by atoms with Crippen LogP contribution < -0.4 is 4.74 Å². The molecule has 3 aromatic rings. The molecule has 2 aromatic carbocycles. The second-order valence-corrected chi connectivity index (χ2v) is 10.5. The van der Waals surface area contributed by atoms with E-state index in [0.29, 0.717) is 17.9 Å². The predicted molar refractivity (Wildman–Crippen MR) is 153 cm³/mol. The van der Waals surface area contributed by atoms with Crippen molar-refractivity contribution in [2.45, 2.75) is 72.1 Å². The number of nitro groups is 1. The first-order valence-electron chi connectivity index (χ1n) is 13.7. The summed E-state index contributed by atoms with van der Waals surface area (Å²) in [6, 6.07) is 10.2. The van der Waals surface area contributed by atoms with Crippen LogP contribution in [0.5, 0.6) is 5.75 Å². The van der Waals surface area contributed by atoms with Gasteiger partial charge in [0.1, 0.15) is 11.3 Å². The number of aryl methyl sites for hydroxylation is 1. The maximum Gasteiger partial charge on any atom is 0.281 e. The maximum absolute atomic E-state index is 13.6. The van der Waals surface area contributed by atoms with Gasteiger partial charge in [0.15, 0.2) is 0 Å². The van der Waals surface area contributed by atoms with Crippen LogP contribution in [-0.2, 0) is 6.42 Å². The molecule has 0 spiro atoms. The highest BCUT2D eigenvalue weighted by molar-refractivity contribution is 7.17. The molecule has 3 rings (SSSR count). The lowest BCUT2D eigenvalue weighted by Crippen LogP contribution is -2.28. The number of fused-ring (bicyclic) bond motifs is 1. The molecule has 6 nitrogen and oxygen atoms in total. The summed E-state index contributed by atoms with van der Waals surface area (Å²) >= 11 is 1.54. The molecule has 37 heavy (non-hydrogen) atoms. The van der Waals surface area contributed by atoms with Crippen LogP contribution in [0.1, 0.15) is 87.2 Å². The number of unbranched alkanes of at least 4 members (excludes halogenated alkanes) is 3. The summed E-state index contributed by atoms with van der Waals surface area (Å²) in [5.41, 5.74) is 1.51. The highest BCUT2D eigenvalue weighted by Crippen LogP contribution is 2.37. The van der Waals surface area contributed by atoms with E-state index in [1.165, 1.54) is 43.1 Å². The summed E-state index contributed by atoms with van der Waals surface area (Å²) in [6.45, 7) is 10.5. The average Bonchev–Trinajstić information content (AvgIpc) is 3.33. The van der Waals surface area contributed by atoms with E-state index in [4.69, 9.17) is 4.74 Å². The standard InChI is InChI=1S/C30H40N2O4S/c1-4-7-11-24-22-37-27-17-16-26(32(34)35)29(28(24)27)30(33)23-12-14-25(15-13-23)36-21-10-20-31(18-8-5-2)19-9-6-3/h12-17,22H,4-11,18-21H2,1-3H3. The number of rotatable bonds is 17. The molecular weight excluding hydrogens is 484 g/mol. The summed E-state index contributed by atoms with van der Waals surface area (Å²) in [6.07, 6.45) is 8.59. The normalized spacial score (nSPS) is 11.4. The number of thiophene rings is 1. The van der Waals surface area contributed by atoms with Gasteiger partial charge < -0.3 is 9.64 Å². The predicted octanol–water partition coefficient (Wildman–Crippen LogP) is 8.05. The van der Waals surface area contributed by atoms with E-state index >= 15 is 0 Å². The Balaban J connectivity index is 1.70. The Morgan fingerprint density at radius 2 is 1.57 bits per heavy atom. The van der Waals surface area contributed by atoms with E-state index in [2.05, 4.69) is 25.7 Å². The molecule has 0 saturated heterocycles. The minimum Gasteiger partial charge on any atom is -0.494 e. The van der Waals surface area contributed by atoms with Crippen molar-refractivity contribution in [3.05, 3.63) is 68.6 Å². The van der Waals surface area contributed by atoms with Crippen LogP contribution in [0, 0.1) is 10.1 Å². The molecule has 0 aliphatic heterocycles. The zero-order valence-electron chi connectivity index (χ0n) is 22.5. The minimum atomic E-state index is -0.449. The lowest BCUT2D eigenvalue weighted by molar-refractivity contribution is -0.385. The van der Waals surface area contributed by atoms with Gasteiger partial charge >= 0.3 is 0 Å². The molecule has 0 aliphatic rings. The van der Waals surface area contributed by atoms with Crippen LogP contribution in [0.15, 0.2) is 41.8 Å². The van der Waals surface area contributed by atoms with E-state index in [0.717, 1.165) is 61.0 Å². The van der Waals surface area contributed by atoms with Gasteiger partial charge in [0.25, 0.3) is 5.69 Å². The summed E-state index contributed by atoms with van der Waals surface area (Å²) in [5, 5.41) is 14.6. The SMILES string of the molecule is CCCCc1csc2ccc([N+](=O)[O-])c(C(=O)c3ccc(OCCCN(CCCC)CCCC)cc3)c12. The number of hydrogen-bond donors (Lipinski definition) is 0. The van der Waals surface area contributed by atoms with E-state index in [-0.39, 0.29) is 17.0 Å². The molecular formula is C30H40N2O4S. The lowest BCUT2D eigenvalue weighted by atomic mass is 9.95. The van der Waals surface area contributed by atoms with Crippen molar-refractivity contribution in [1.29, 1.82) is 0 Å². The number of ketones is 1. The number of nitro benzene ring substituents is 1. The van der Waals surface area contributed by atoms with Gasteiger partial charge in [-0.25, -0.2) is 0 Å². The number of ether oxygens (including phenoxy) is 1. The molecule has 0 fully saturated rings. The molecule has 0 saturated carbocycles. The molecule has 1 aromatic heterocycles. The molecule has 1 heterocycles. The number of benzene rings is 2. The van der Waals surface area contributed by atoms with Crippen molar-refractivity contribution in [1.82, 2.24) is 4.90 Å². The third-order valence-corrected chi connectivity index (χ3v) is 7.67. The highest BCUT2D eigenvalue weighted by Gasteiger charge is 2.26. The van der Waals surface area contributed by atoms with Gasteiger partial charge in [-0.2, -0.15) is 0 Å². The molecule has 0 radical (unpaired) electrons. The number of hydrogen-bond acceptors (Lipinski definition) is 6. The first kappa shape index (κ1) is 28.8. The van der Waals surface area contributed by atoms with Crippen molar-refractivity contribution in [2.24, 2.45) is 0 Å². The van der Waals surface area contributed by atoms with Crippen molar-refractivity contribution < 1.29 is 14.5 Å². The molecule has 0 atom stereocenters. The smallest absolute Gasteiger partial charge is 0.281 e. The Morgan fingerprint density at radius 1 is 0.919 bits per heavy atom. The van der Waals surface area contributed by atoms with Gasteiger partial charge in [0, 0.05) is 28.3 Å². The van der Waals surface area contributed by atoms with E-state index in [1.807, 2.05) is 5.38 Å². The Morgan fingerprint density at radius 3 is 2.19 bits per heavy atom. The van der Waals surface area contributed by atoms with Gasteiger partial charge in [-0.05, 0) is 86.5 Å². The molecule has 0 N–H and O–H groups in total. The van der Waals surface area contributed by atoms with Gasteiger partial charge in [0.05, 0.1) is 11.5 Å². The number of carbonyl (C=O) groups is 1. The summed E-state index contributed by atoms with van der Waals surface area (Å²) in [7, 11) is 0.